The number of fused-ring (bicyclic) bond motifs is 1. The lowest BCUT2D eigenvalue weighted by molar-refractivity contribution is -0.125. The number of carbonyl (C=O) groups excluding carboxylic acids is 3. The van der Waals surface area contributed by atoms with Gasteiger partial charge in [0.1, 0.15) is 0 Å². The molecule has 3 heterocycles. The number of rotatable bonds is 6. The Balaban J connectivity index is 1.45. The SMILES string of the molecule is O=C(CSc1nc2ncc(Cl)cc2[nH]1)NCCN1C(=O)CSC1=O. The molecule has 0 saturated carbocycles. The molecule has 126 valence electrons. The van der Waals surface area contributed by atoms with Crippen LogP contribution in [0.1, 0.15) is 0 Å². The molecule has 0 aromatic carbocycles. The summed E-state index contributed by atoms with van der Waals surface area (Å²) in [7, 11) is 0. The molecule has 0 unspecified atom stereocenters. The van der Waals surface area contributed by atoms with E-state index in [2.05, 4.69) is 20.3 Å². The number of hydrogen-bond donors (Lipinski definition) is 2. The third-order valence-corrected chi connectivity index (χ3v) is 5.06. The molecule has 1 aliphatic heterocycles. The molecule has 3 amide bonds. The highest BCUT2D eigenvalue weighted by Crippen LogP contribution is 2.20. The van der Waals surface area contributed by atoms with E-state index in [-0.39, 0.29) is 41.6 Å². The quantitative estimate of drug-likeness (QED) is 0.725. The van der Waals surface area contributed by atoms with Crippen molar-refractivity contribution in [2.24, 2.45) is 0 Å². The number of halogens is 1. The van der Waals surface area contributed by atoms with E-state index in [0.29, 0.717) is 21.3 Å². The Kier molecular flexibility index (Phi) is 5.27. The highest BCUT2D eigenvalue weighted by Gasteiger charge is 2.29. The Morgan fingerprint density at radius 3 is 3.08 bits per heavy atom. The second-order valence-corrected chi connectivity index (χ2v) is 7.13. The van der Waals surface area contributed by atoms with E-state index < -0.39 is 0 Å². The highest BCUT2D eigenvalue weighted by atomic mass is 35.5. The van der Waals surface area contributed by atoms with Gasteiger partial charge in [0.25, 0.3) is 5.24 Å². The van der Waals surface area contributed by atoms with Gasteiger partial charge in [-0.25, -0.2) is 9.97 Å². The summed E-state index contributed by atoms with van der Waals surface area (Å²) in [6.07, 6.45) is 1.51. The molecule has 1 saturated heterocycles. The Hall–Kier alpha value is -1.78. The number of aromatic amines is 1. The molecular formula is C13H12ClN5O3S2. The summed E-state index contributed by atoms with van der Waals surface area (Å²) in [6.45, 7) is 0.420. The van der Waals surface area contributed by atoms with Crippen LogP contribution in [0.2, 0.25) is 5.02 Å². The van der Waals surface area contributed by atoms with Crippen LogP contribution in [-0.2, 0) is 9.59 Å². The van der Waals surface area contributed by atoms with E-state index in [9.17, 15) is 14.4 Å². The molecule has 24 heavy (non-hydrogen) atoms. The van der Waals surface area contributed by atoms with E-state index >= 15 is 0 Å². The first kappa shape index (κ1) is 17.1. The third-order valence-electron chi connectivity index (χ3n) is 3.12. The van der Waals surface area contributed by atoms with Gasteiger partial charge in [0.15, 0.2) is 10.8 Å². The van der Waals surface area contributed by atoms with Gasteiger partial charge in [-0.15, -0.1) is 0 Å². The van der Waals surface area contributed by atoms with Crippen LogP contribution in [0.4, 0.5) is 4.79 Å². The van der Waals surface area contributed by atoms with Gasteiger partial charge in [0.2, 0.25) is 11.8 Å². The Morgan fingerprint density at radius 2 is 2.33 bits per heavy atom. The zero-order valence-corrected chi connectivity index (χ0v) is 14.6. The number of amides is 3. The summed E-state index contributed by atoms with van der Waals surface area (Å²) >= 11 is 8.06. The smallest absolute Gasteiger partial charge is 0.288 e. The van der Waals surface area contributed by atoms with Gasteiger partial charge < -0.3 is 10.3 Å². The predicted molar refractivity (Wildman–Crippen MR) is 92.2 cm³/mol. The fourth-order valence-corrected chi connectivity index (χ4v) is 3.62. The molecule has 1 aliphatic rings. The van der Waals surface area contributed by atoms with Gasteiger partial charge in [-0.2, -0.15) is 0 Å². The van der Waals surface area contributed by atoms with Gasteiger partial charge in [0, 0.05) is 19.3 Å². The number of nitrogens with zero attached hydrogens (tertiary/aromatic N) is 3. The number of H-pyrrole nitrogens is 1. The normalized spacial score (nSPS) is 14.6. The van der Waals surface area contributed by atoms with Crippen LogP contribution in [0.15, 0.2) is 17.4 Å². The molecule has 2 aromatic rings. The molecule has 1 fully saturated rings. The number of thioether (sulfide) groups is 2. The molecule has 0 aliphatic carbocycles. The van der Waals surface area contributed by atoms with Crippen molar-refractivity contribution in [2.75, 3.05) is 24.6 Å². The number of aromatic nitrogens is 3. The minimum Gasteiger partial charge on any atom is -0.354 e. The maximum atomic E-state index is 11.8. The lowest BCUT2D eigenvalue weighted by atomic mass is 10.4. The van der Waals surface area contributed by atoms with E-state index in [0.717, 1.165) is 16.7 Å². The summed E-state index contributed by atoms with van der Waals surface area (Å²) in [5.74, 6) is -0.100. The first-order valence-electron chi connectivity index (χ1n) is 6.91. The van der Waals surface area contributed by atoms with E-state index in [4.69, 9.17) is 11.6 Å². The van der Waals surface area contributed by atoms with Crippen molar-refractivity contribution in [2.45, 2.75) is 5.16 Å². The van der Waals surface area contributed by atoms with E-state index in [1.807, 2.05) is 0 Å². The van der Waals surface area contributed by atoms with Crippen LogP contribution in [0.25, 0.3) is 11.2 Å². The summed E-state index contributed by atoms with van der Waals surface area (Å²) in [6, 6.07) is 1.71. The average Bonchev–Trinajstić information content (AvgIpc) is 3.09. The van der Waals surface area contributed by atoms with Gasteiger partial charge >= 0.3 is 0 Å². The standard InChI is InChI=1S/C13H12ClN5O3S2/c14-7-3-8-11(16-4-7)18-12(17-8)23-5-9(20)15-1-2-19-10(21)6-24-13(19)22/h3-4H,1-2,5-6H2,(H,15,20)(H,16,17,18). The minimum absolute atomic E-state index is 0.157. The van der Waals surface area contributed by atoms with Crippen LogP contribution in [0.3, 0.4) is 0 Å². The number of imide groups is 1. The monoisotopic (exact) mass is 385 g/mol. The molecule has 3 rings (SSSR count). The molecule has 2 aromatic heterocycles. The lowest BCUT2D eigenvalue weighted by Gasteiger charge is -2.12. The summed E-state index contributed by atoms with van der Waals surface area (Å²) in [5, 5.41) is 3.47. The molecule has 11 heteroatoms. The zero-order chi connectivity index (χ0) is 17.1. The van der Waals surface area contributed by atoms with Crippen LogP contribution in [0.5, 0.6) is 0 Å². The largest absolute Gasteiger partial charge is 0.354 e. The van der Waals surface area contributed by atoms with Gasteiger partial charge in [0.05, 0.1) is 22.0 Å². The predicted octanol–water partition coefficient (Wildman–Crippen LogP) is 1.51. The minimum atomic E-state index is -0.267. The highest BCUT2D eigenvalue weighted by molar-refractivity contribution is 8.14. The molecule has 0 atom stereocenters. The summed E-state index contributed by atoms with van der Waals surface area (Å²) in [5.41, 5.74) is 1.24. The molecule has 0 bridgehead atoms. The zero-order valence-electron chi connectivity index (χ0n) is 12.2. The summed E-state index contributed by atoms with van der Waals surface area (Å²) < 4.78 is 0. The Morgan fingerprint density at radius 1 is 1.50 bits per heavy atom. The van der Waals surface area contributed by atoms with E-state index in [1.165, 1.54) is 18.0 Å². The van der Waals surface area contributed by atoms with Crippen molar-refractivity contribution in [3.8, 4) is 0 Å². The maximum Gasteiger partial charge on any atom is 0.288 e. The number of imidazole rings is 1. The first-order chi connectivity index (χ1) is 11.5. The van der Waals surface area contributed by atoms with Gasteiger partial charge in [-0.3, -0.25) is 19.3 Å². The van der Waals surface area contributed by atoms with Gasteiger partial charge in [-0.1, -0.05) is 35.1 Å². The average molecular weight is 386 g/mol. The number of nitrogens with one attached hydrogen (secondary N) is 2. The first-order valence-corrected chi connectivity index (χ1v) is 9.26. The van der Waals surface area contributed by atoms with Crippen LogP contribution < -0.4 is 5.32 Å². The second-order valence-electron chi connectivity index (χ2n) is 4.81. The molecular weight excluding hydrogens is 374 g/mol. The van der Waals surface area contributed by atoms with Crippen molar-refractivity contribution in [3.63, 3.8) is 0 Å². The molecule has 8 nitrogen and oxygen atoms in total. The summed E-state index contributed by atoms with van der Waals surface area (Å²) in [4.78, 5) is 47.1. The maximum absolute atomic E-state index is 11.8. The topological polar surface area (TPSA) is 108 Å². The van der Waals surface area contributed by atoms with Crippen molar-refractivity contribution in [1.82, 2.24) is 25.2 Å². The fourth-order valence-electron chi connectivity index (χ4n) is 2.01. The molecule has 0 spiro atoms. The third kappa shape index (κ3) is 4.00. The van der Waals surface area contributed by atoms with Crippen LogP contribution in [0, 0.1) is 0 Å². The lowest BCUT2D eigenvalue weighted by Crippen LogP contribution is -2.38. The van der Waals surface area contributed by atoms with E-state index in [1.54, 1.807) is 6.07 Å². The van der Waals surface area contributed by atoms with Crippen molar-refractivity contribution < 1.29 is 14.4 Å². The van der Waals surface area contributed by atoms with Crippen molar-refractivity contribution in [1.29, 1.82) is 0 Å². The van der Waals surface area contributed by atoms with Crippen LogP contribution in [-0.4, -0.2) is 61.5 Å². The number of hydrogen-bond acceptors (Lipinski definition) is 7. The fraction of sp³-hybridized carbons (Fsp3) is 0.308. The number of pyridine rings is 1. The Labute approximate surface area is 150 Å². The van der Waals surface area contributed by atoms with Crippen molar-refractivity contribution >= 4 is 63.3 Å². The van der Waals surface area contributed by atoms with Crippen molar-refractivity contribution in [3.05, 3.63) is 17.3 Å². The van der Waals surface area contributed by atoms with Gasteiger partial charge in [-0.05, 0) is 6.07 Å². The second kappa shape index (κ2) is 7.41. The van der Waals surface area contributed by atoms with Crippen LogP contribution >= 0.6 is 35.1 Å². The number of carbonyl (C=O) groups is 3. The molecule has 0 radical (unpaired) electrons. The molecule has 2 N–H and O–H groups in total. The Bertz CT molecular complexity index is 796.